The van der Waals surface area contributed by atoms with Gasteiger partial charge in [0.2, 0.25) is 5.88 Å². The number of hydrogen-bond acceptors (Lipinski definition) is 2. The summed E-state index contributed by atoms with van der Waals surface area (Å²) in [4.78, 5) is 4.14. The molecule has 2 nitrogen and oxygen atoms in total. The van der Waals surface area contributed by atoms with E-state index in [1.54, 1.807) is 6.20 Å². The highest BCUT2D eigenvalue weighted by Crippen LogP contribution is 2.25. The first kappa shape index (κ1) is 12.4. The second-order valence-corrected chi connectivity index (χ2v) is 4.77. The molecule has 0 aliphatic carbocycles. The zero-order valence-electron chi connectivity index (χ0n) is 9.28. The van der Waals surface area contributed by atoms with Crippen LogP contribution in [0.25, 0.3) is 0 Å². The largest absolute Gasteiger partial charge is 0.439 e. The summed E-state index contributed by atoms with van der Waals surface area (Å²) in [5.74, 6) is 1.79. The molecule has 0 atom stereocenters. The highest BCUT2D eigenvalue weighted by atomic mass is 79.9. The third kappa shape index (κ3) is 3.20. The SMILES string of the molecule is Cc1cc(Oc2cc(CCl)ccn2)ccc1Br. The quantitative estimate of drug-likeness (QED) is 0.767. The average molecular weight is 313 g/mol. The molecule has 2 rings (SSSR count). The molecule has 0 fully saturated rings. The number of nitrogens with zero attached hydrogens (tertiary/aromatic N) is 1. The molecule has 0 unspecified atom stereocenters. The van der Waals surface area contributed by atoms with Gasteiger partial charge in [-0.25, -0.2) is 4.98 Å². The normalized spacial score (nSPS) is 10.3. The highest BCUT2D eigenvalue weighted by molar-refractivity contribution is 9.10. The molecule has 0 saturated heterocycles. The zero-order chi connectivity index (χ0) is 12.3. The van der Waals surface area contributed by atoms with Gasteiger partial charge < -0.3 is 4.74 Å². The van der Waals surface area contributed by atoms with Gasteiger partial charge in [0.15, 0.2) is 0 Å². The van der Waals surface area contributed by atoms with Crippen molar-refractivity contribution in [3.05, 3.63) is 52.1 Å². The number of aryl methyl sites for hydroxylation is 1. The molecule has 88 valence electrons. The second-order valence-electron chi connectivity index (χ2n) is 3.65. The molecule has 1 heterocycles. The summed E-state index contributed by atoms with van der Waals surface area (Å²) < 4.78 is 6.73. The first-order valence-corrected chi connectivity index (χ1v) is 6.46. The van der Waals surface area contributed by atoms with Crippen molar-refractivity contribution < 1.29 is 4.74 Å². The lowest BCUT2D eigenvalue weighted by Crippen LogP contribution is -1.90. The van der Waals surface area contributed by atoms with Crippen LogP contribution in [0.2, 0.25) is 0 Å². The fourth-order valence-corrected chi connectivity index (χ4v) is 1.80. The van der Waals surface area contributed by atoms with E-state index in [9.17, 15) is 0 Å². The molecule has 0 N–H and O–H groups in total. The molecule has 0 bridgehead atoms. The summed E-state index contributed by atoms with van der Waals surface area (Å²) in [5, 5.41) is 0. The van der Waals surface area contributed by atoms with Crippen LogP contribution in [0, 0.1) is 6.92 Å². The molecule has 0 aliphatic heterocycles. The van der Waals surface area contributed by atoms with Crippen LogP contribution in [0.1, 0.15) is 11.1 Å². The number of pyridine rings is 1. The van der Waals surface area contributed by atoms with Crippen LogP contribution in [0.4, 0.5) is 0 Å². The number of benzene rings is 1. The first-order valence-electron chi connectivity index (χ1n) is 5.14. The van der Waals surface area contributed by atoms with Gasteiger partial charge in [0.1, 0.15) is 5.75 Å². The van der Waals surface area contributed by atoms with Crippen molar-refractivity contribution in [3.63, 3.8) is 0 Å². The number of hydrogen-bond donors (Lipinski definition) is 0. The monoisotopic (exact) mass is 311 g/mol. The molecule has 0 spiro atoms. The molecule has 1 aromatic carbocycles. The first-order chi connectivity index (χ1) is 8.19. The van der Waals surface area contributed by atoms with Gasteiger partial charge >= 0.3 is 0 Å². The maximum absolute atomic E-state index is 5.76. The van der Waals surface area contributed by atoms with E-state index in [1.807, 2.05) is 37.3 Å². The van der Waals surface area contributed by atoms with E-state index in [-0.39, 0.29) is 0 Å². The van der Waals surface area contributed by atoms with Gasteiger partial charge in [0.25, 0.3) is 0 Å². The lowest BCUT2D eigenvalue weighted by Gasteiger charge is -2.07. The van der Waals surface area contributed by atoms with Gasteiger partial charge in [0, 0.05) is 22.6 Å². The Kier molecular flexibility index (Phi) is 4.02. The van der Waals surface area contributed by atoms with Crippen molar-refractivity contribution in [1.82, 2.24) is 4.98 Å². The number of rotatable bonds is 3. The van der Waals surface area contributed by atoms with Crippen LogP contribution >= 0.6 is 27.5 Å². The Morgan fingerprint density at radius 2 is 2.12 bits per heavy atom. The van der Waals surface area contributed by atoms with Crippen molar-refractivity contribution in [3.8, 4) is 11.6 Å². The Balaban J connectivity index is 2.22. The summed E-state index contributed by atoms with van der Waals surface area (Å²) in [7, 11) is 0. The minimum Gasteiger partial charge on any atom is -0.439 e. The van der Waals surface area contributed by atoms with Crippen LogP contribution in [0.5, 0.6) is 11.6 Å². The third-order valence-electron chi connectivity index (χ3n) is 2.31. The minimum absolute atomic E-state index is 0.457. The van der Waals surface area contributed by atoms with E-state index in [0.717, 1.165) is 21.3 Å². The van der Waals surface area contributed by atoms with Crippen LogP contribution < -0.4 is 4.74 Å². The van der Waals surface area contributed by atoms with Crippen LogP contribution in [-0.2, 0) is 5.88 Å². The molecule has 0 amide bonds. The predicted octanol–water partition coefficient (Wildman–Crippen LogP) is 4.68. The molecular formula is C13H11BrClNO. The molecule has 1 aromatic heterocycles. The molecule has 0 radical (unpaired) electrons. The van der Waals surface area contributed by atoms with Crippen molar-refractivity contribution in [2.75, 3.05) is 0 Å². The summed E-state index contributed by atoms with van der Waals surface area (Å²) in [6.07, 6.45) is 1.69. The van der Waals surface area contributed by atoms with Gasteiger partial charge in [-0.2, -0.15) is 0 Å². The Bertz CT molecular complexity index is 531. The topological polar surface area (TPSA) is 22.1 Å². The summed E-state index contributed by atoms with van der Waals surface area (Å²) in [6.45, 7) is 2.01. The van der Waals surface area contributed by atoms with E-state index >= 15 is 0 Å². The van der Waals surface area contributed by atoms with Crippen molar-refractivity contribution in [2.24, 2.45) is 0 Å². The highest BCUT2D eigenvalue weighted by Gasteiger charge is 2.02. The zero-order valence-corrected chi connectivity index (χ0v) is 11.6. The number of ether oxygens (including phenoxy) is 1. The molecule has 2 aromatic rings. The van der Waals surface area contributed by atoms with Crippen LogP contribution in [-0.4, -0.2) is 4.98 Å². The Hall–Kier alpha value is -1.06. The third-order valence-corrected chi connectivity index (χ3v) is 3.50. The van der Waals surface area contributed by atoms with Crippen molar-refractivity contribution in [1.29, 1.82) is 0 Å². The van der Waals surface area contributed by atoms with Crippen LogP contribution in [0.3, 0.4) is 0 Å². The van der Waals surface area contributed by atoms with E-state index in [0.29, 0.717) is 11.8 Å². The van der Waals surface area contributed by atoms with Crippen LogP contribution in [0.15, 0.2) is 41.0 Å². The Labute approximate surface area is 114 Å². The summed E-state index contributed by atoms with van der Waals surface area (Å²) >= 11 is 9.21. The molecule has 0 saturated carbocycles. The number of halogens is 2. The van der Waals surface area contributed by atoms with Gasteiger partial charge in [-0.15, -0.1) is 11.6 Å². The predicted molar refractivity (Wildman–Crippen MR) is 72.7 cm³/mol. The van der Waals surface area contributed by atoms with Gasteiger partial charge in [-0.3, -0.25) is 0 Å². The maximum Gasteiger partial charge on any atom is 0.219 e. The molecular weight excluding hydrogens is 302 g/mol. The van der Waals surface area contributed by atoms with Gasteiger partial charge in [-0.05, 0) is 42.3 Å². The fraction of sp³-hybridized carbons (Fsp3) is 0.154. The lowest BCUT2D eigenvalue weighted by molar-refractivity contribution is 0.462. The van der Waals surface area contributed by atoms with Gasteiger partial charge in [-0.1, -0.05) is 15.9 Å². The Morgan fingerprint density at radius 3 is 2.82 bits per heavy atom. The van der Waals surface area contributed by atoms with E-state index in [2.05, 4.69) is 20.9 Å². The lowest BCUT2D eigenvalue weighted by atomic mass is 10.2. The van der Waals surface area contributed by atoms with Crippen molar-refractivity contribution in [2.45, 2.75) is 12.8 Å². The average Bonchev–Trinajstić information content (AvgIpc) is 2.34. The second kappa shape index (κ2) is 5.52. The maximum atomic E-state index is 5.76. The number of alkyl halides is 1. The van der Waals surface area contributed by atoms with E-state index < -0.39 is 0 Å². The fourth-order valence-electron chi connectivity index (χ4n) is 1.39. The van der Waals surface area contributed by atoms with E-state index in [4.69, 9.17) is 16.3 Å². The molecule has 17 heavy (non-hydrogen) atoms. The number of aromatic nitrogens is 1. The van der Waals surface area contributed by atoms with E-state index in [1.165, 1.54) is 0 Å². The summed E-state index contributed by atoms with van der Waals surface area (Å²) in [5.41, 5.74) is 2.11. The Morgan fingerprint density at radius 1 is 1.29 bits per heavy atom. The molecule has 4 heteroatoms. The standard InChI is InChI=1S/C13H11BrClNO/c1-9-6-11(2-3-12(9)14)17-13-7-10(8-15)4-5-16-13/h2-7H,8H2,1H3. The smallest absolute Gasteiger partial charge is 0.219 e. The summed E-state index contributed by atoms with van der Waals surface area (Å²) in [6, 6.07) is 9.51. The van der Waals surface area contributed by atoms with Crippen molar-refractivity contribution >= 4 is 27.5 Å². The minimum atomic E-state index is 0.457. The molecule has 0 aliphatic rings. The van der Waals surface area contributed by atoms with Gasteiger partial charge in [0.05, 0.1) is 0 Å².